The van der Waals surface area contributed by atoms with Gasteiger partial charge >= 0.3 is 0 Å². The zero-order chi connectivity index (χ0) is 24.7. The van der Waals surface area contributed by atoms with Crippen molar-refractivity contribution in [3.8, 4) is 0 Å². The summed E-state index contributed by atoms with van der Waals surface area (Å²) >= 11 is 0. The molecule has 0 aromatic rings. The van der Waals surface area contributed by atoms with Crippen molar-refractivity contribution in [2.45, 2.75) is 84.2 Å². The average Bonchev–Trinajstić information content (AvgIpc) is 2.62. The van der Waals surface area contributed by atoms with Crippen LogP contribution in [0.5, 0.6) is 0 Å². The summed E-state index contributed by atoms with van der Waals surface area (Å²) in [5, 5.41) is 13.5. The first-order valence-corrected chi connectivity index (χ1v) is 10.9. The van der Waals surface area contributed by atoms with Crippen LogP contribution in [0.1, 0.15) is 54.4 Å². The zero-order valence-corrected chi connectivity index (χ0v) is 20.9. The minimum absolute atomic E-state index is 0.00610. The fourth-order valence-corrected chi connectivity index (χ4v) is 4.03. The molecule has 0 aliphatic heterocycles. The van der Waals surface area contributed by atoms with Crippen molar-refractivity contribution in [2.24, 2.45) is 17.6 Å². The number of nitrogens with one attached hydrogen (secondary N) is 1. The first kappa shape index (κ1) is 29.3. The first-order chi connectivity index (χ1) is 14.1. The summed E-state index contributed by atoms with van der Waals surface area (Å²) in [6, 6.07) is -2.11. The molecule has 3 amide bonds. The smallest absolute Gasteiger partial charge is 0.248 e. The van der Waals surface area contributed by atoms with E-state index >= 15 is 0 Å². The summed E-state index contributed by atoms with van der Waals surface area (Å²) in [7, 11) is 6.66. The lowest BCUT2D eigenvalue weighted by molar-refractivity contribution is -0.149. The number of carbonyl (C=O) groups is 3. The predicted octanol–water partition coefficient (Wildman–Crippen LogP) is 0.592. The molecule has 0 fully saturated rings. The number of methoxy groups -OCH3 is 1. The van der Waals surface area contributed by atoms with Gasteiger partial charge in [-0.05, 0) is 39.8 Å². The number of amides is 3. The van der Waals surface area contributed by atoms with E-state index in [1.807, 2.05) is 27.7 Å². The fourth-order valence-electron chi connectivity index (χ4n) is 4.03. The van der Waals surface area contributed by atoms with Crippen LogP contribution in [0, 0.1) is 11.8 Å². The summed E-state index contributed by atoms with van der Waals surface area (Å²) in [4.78, 5) is 41.3. The van der Waals surface area contributed by atoms with E-state index in [9.17, 15) is 19.5 Å². The fraction of sp³-hybridized carbons (Fsp3) is 0.864. The Morgan fingerprint density at radius 1 is 1.13 bits per heavy atom. The Labute approximate surface area is 187 Å². The second-order valence-electron chi connectivity index (χ2n) is 9.52. The van der Waals surface area contributed by atoms with Gasteiger partial charge in [-0.15, -0.1) is 0 Å². The number of nitrogens with zero attached hydrogens (tertiary/aromatic N) is 2. The number of primary amides is 1. The van der Waals surface area contributed by atoms with Crippen LogP contribution in [-0.2, 0) is 19.1 Å². The third-order valence-corrected chi connectivity index (χ3v) is 5.80. The average molecular weight is 445 g/mol. The number of nitrogens with two attached hydrogens (primary N) is 1. The number of hydrogen-bond donors (Lipinski definition) is 3. The van der Waals surface area contributed by atoms with E-state index in [0.717, 1.165) is 6.42 Å². The van der Waals surface area contributed by atoms with Gasteiger partial charge < -0.3 is 25.8 Å². The maximum atomic E-state index is 13.5. The zero-order valence-electron chi connectivity index (χ0n) is 20.9. The quantitative estimate of drug-likeness (QED) is 0.382. The second kappa shape index (κ2) is 12.4. The molecule has 0 spiro atoms. The largest absolute Gasteiger partial charge is 0.388 e. The lowest BCUT2D eigenvalue weighted by Gasteiger charge is -2.41. The molecule has 0 aromatic heterocycles. The van der Waals surface area contributed by atoms with Crippen molar-refractivity contribution in [3.05, 3.63) is 0 Å². The van der Waals surface area contributed by atoms with E-state index in [4.69, 9.17) is 10.5 Å². The van der Waals surface area contributed by atoms with Gasteiger partial charge in [0.15, 0.2) is 0 Å². The third kappa shape index (κ3) is 8.38. The lowest BCUT2D eigenvalue weighted by Crippen LogP contribution is -2.63. The second-order valence-corrected chi connectivity index (χ2v) is 9.52. The molecule has 9 nitrogen and oxygen atoms in total. The molecule has 9 heteroatoms. The number of aliphatic hydroxyl groups is 1. The molecule has 0 unspecified atom stereocenters. The van der Waals surface area contributed by atoms with E-state index in [1.165, 1.54) is 25.9 Å². The molecule has 0 bridgehead atoms. The Balaban J connectivity index is 6.01. The van der Waals surface area contributed by atoms with Gasteiger partial charge in [0, 0.05) is 14.2 Å². The number of ether oxygens (including phenoxy) is 1. The van der Waals surface area contributed by atoms with Gasteiger partial charge in [-0.1, -0.05) is 34.1 Å². The van der Waals surface area contributed by atoms with Crippen molar-refractivity contribution in [3.63, 3.8) is 0 Å². The van der Waals surface area contributed by atoms with Crippen LogP contribution >= 0.6 is 0 Å². The summed E-state index contributed by atoms with van der Waals surface area (Å²) < 4.78 is 5.51. The van der Waals surface area contributed by atoms with Crippen molar-refractivity contribution in [1.29, 1.82) is 0 Å². The van der Waals surface area contributed by atoms with Crippen LogP contribution < -0.4 is 11.1 Å². The third-order valence-electron chi connectivity index (χ3n) is 5.80. The highest BCUT2D eigenvalue weighted by Crippen LogP contribution is 2.24. The van der Waals surface area contributed by atoms with Crippen molar-refractivity contribution in [2.75, 3.05) is 28.3 Å². The van der Waals surface area contributed by atoms with Crippen molar-refractivity contribution in [1.82, 2.24) is 15.1 Å². The van der Waals surface area contributed by atoms with E-state index in [-0.39, 0.29) is 24.2 Å². The van der Waals surface area contributed by atoms with Crippen LogP contribution in [0.4, 0.5) is 0 Å². The minimum Gasteiger partial charge on any atom is -0.388 e. The molecular weight excluding hydrogens is 400 g/mol. The van der Waals surface area contributed by atoms with Gasteiger partial charge in [-0.2, -0.15) is 0 Å². The van der Waals surface area contributed by atoms with E-state index < -0.39 is 41.6 Å². The minimum atomic E-state index is -1.51. The lowest BCUT2D eigenvalue weighted by atomic mass is 9.89. The number of hydrogen-bond acceptors (Lipinski definition) is 6. The van der Waals surface area contributed by atoms with Crippen molar-refractivity contribution >= 4 is 17.7 Å². The molecule has 0 aromatic carbocycles. The van der Waals surface area contributed by atoms with Gasteiger partial charge in [0.1, 0.15) is 6.04 Å². The van der Waals surface area contributed by atoms with E-state index in [1.54, 1.807) is 26.0 Å². The molecule has 31 heavy (non-hydrogen) atoms. The highest BCUT2D eigenvalue weighted by Gasteiger charge is 2.42. The summed E-state index contributed by atoms with van der Waals surface area (Å²) in [6.07, 6.45) is 0.0830. The summed E-state index contributed by atoms with van der Waals surface area (Å²) in [5.41, 5.74) is 3.87. The standard InChI is InChI=1S/C22H44N4O5/c1-11-14(4)18(15(31-10)12-16(23)27)26(9)21(29)19(22(5,6)30)24-20(28)17(13(2)3)25(7)8/h13-15,17-19,30H,11-12H2,1-10H3,(H2,23,27)(H,24,28)/t14-,15+,17-,18-,19+/m0/s1. The molecule has 0 heterocycles. The maximum absolute atomic E-state index is 13.5. The van der Waals surface area contributed by atoms with Crippen LogP contribution in [0.25, 0.3) is 0 Å². The SMILES string of the molecule is CC[C@H](C)[C@@H]([C@@H](CC(N)=O)OC)N(C)C(=O)[C@@H](NC(=O)[C@H](C(C)C)N(C)C)C(C)(C)O. The topological polar surface area (TPSA) is 125 Å². The highest BCUT2D eigenvalue weighted by atomic mass is 16.5. The van der Waals surface area contributed by atoms with Gasteiger partial charge in [0.25, 0.3) is 0 Å². The molecule has 4 N–H and O–H groups in total. The van der Waals surface area contributed by atoms with E-state index in [0.29, 0.717) is 0 Å². The molecule has 0 radical (unpaired) electrons. The van der Waals surface area contributed by atoms with Crippen molar-refractivity contribution < 1.29 is 24.2 Å². The molecule has 0 saturated heterocycles. The van der Waals surface area contributed by atoms with Crippen LogP contribution in [0.3, 0.4) is 0 Å². The van der Waals surface area contributed by atoms with Gasteiger partial charge in [0.05, 0.1) is 30.2 Å². The maximum Gasteiger partial charge on any atom is 0.248 e. The monoisotopic (exact) mass is 444 g/mol. The number of rotatable bonds is 13. The van der Waals surface area contributed by atoms with E-state index in [2.05, 4.69) is 5.32 Å². The molecule has 182 valence electrons. The number of carbonyl (C=O) groups excluding carboxylic acids is 3. The highest BCUT2D eigenvalue weighted by molar-refractivity contribution is 5.91. The Morgan fingerprint density at radius 2 is 1.65 bits per heavy atom. The van der Waals surface area contributed by atoms with Gasteiger partial charge in [-0.25, -0.2) is 0 Å². The summed E-state index contributed by atoms with van der Waals surface area (Å²) in [6.45, 7) is 10.7. The van der Waals surface area contributed by atoms with Crippen LogP contribution in [0.2, 0.25) is 0 Å². The Hall–Kier alpha value is -1.71. The normalized spacial score (nSPS) is 17.1. The molecule has 0 saturated carbocycles. The van der Waals surface area contributed by atoms with Gasteiger partial charge in [0.2, 0.25) is 17.7 Å². The molecule has 5 atom stereocenters. The number of likely N-dealkylation sites (N-methyl/N-ethyl adjacent to an activating group) is 2. The summed E-state index contributed by atoms with van der Waals surface area (Å²) in [5.74, 6) is -1.33. The van der Waals surface area contributed by atoms with Crippen LogP contribution in [-0.4, -0.2) is 90.7 Å². The van der Waals surface area contributed by atoms with Crippen LogP contribution in [0.15, 0.2) is 0 Å². The Kier molecular flexibility index (Phi) is 11.7. The van der Waals surface area contributed by atoms with Gasteiger partial charge in [-0.3, -0.25) is 19.3 Å². The molecule has 0 rings (SSSR count). The molecular formula is C22H44N4O5. The Bertz CT molecular complexity index is 595. The molecule has 0 aliphatic rings. The Morgan fingerprint density at radius 3 is 1.97 bits per heavy atom. The molecule has 0 aliphatic carbocycles. The first-order valence-electron chi connectivity index (χ1n) is 10.9. The predicted molar refractivity (Wildman–Crippen MR) is 121 cm³/mol.